The Balaban J connectivity index is 1.62. The Kier molecular flexibility index (Phi) is 6.02. The second kappa shape index (κ2) is 8.63. The van der Waals surface area contributed by atoms with E-state index < -0.39 is 6.61 Å². The average molecular weight is 392 g/mol. The SMILES string of the molecule is COc1ccccc1-c1nnc(SCC(=O)c2ccc(OC(F)F)cc2)o1. The van der Waals surface area contributed by atoms with Crippen LogP contribution in [0.1, 0.15) is 10.4 Å². The van der Waals surface area contributed by atoms with Gasteiger partial charge in [0.05, 0.1) is 18.4 Å². The second-order valence-electron chi connectivity index (χ2n) is 5.19. The molecule has 0 fully saturated rings. The number of hydrogen-bond donors (Lipinski definition) is 0. The van der Waals surface area contributed by atoms with E-state index in [1.54, 1.807) is 19.2 Å². The lowest BCUT2D eigenvalue weighted by molar-refractivity contribution is -0.0498. The minimum atomic E-state index is -2.91. The van der Waals surface area contributed by atoms with Crippen LogP contribution in [0.15, 0.2) is 58.2 Å². The molecule has 9 heteroatoms. The van der Waals surface area contributed by atoms with E-state index in [9.17, 15) is 13.6 Å². The van der Waals surface area contributed by atoms with Crippen molar-refractivity contribution in [1.82, 2.24) is 10.2 Å². The normalized spacial score (nSPS) is 10.8. The molecule has 1 heterocycles. The van der Waals surface area contributed by atoms with Crippen LogP contribution in [0.25, 0.3) is 11.5 Å². The monoisotopic (exact) mass is 392 g/mol. The number of benzene rings is 2. The molecule has 0 bridgehead atoms. The first-order chi connectivity index (χ1) is 13.1. The highest BCUT2D eigenvalue weighted by atomic mass is 32.2. The number of para-hydroxylation sites is 1. The molecule has 0 unspecified atom stereocenters. The predicted molar refractivity (Wildman–Crippen MR) is 94.4 cm³/mol. The van der Waals surface area contributed by atoms with Crippen molar-refractivity contribution in [3.05, 3.63) is 54.1 Å². The fourth-order valence-corrected chi connectivity index (χ4v) is 2.89. The summed E-state index contributed by atoms with van der Waals surface area (Å²) in [5.74, 6) is 0.728. The van der Waals surface area contributed by atoms with Crippen molar-refractivity contribution in [2.24, 2.45) is 0 Å². The molecular weight excluding hydrogens is 378 g/mol. The Morgan fingerprint density at radius 2 is 1.89 bits per heavy atom. The number of thioether (sulfide) groups is 1. The summed E-state index contributed by atoms with van der Waals surface area (Å²) in [6.07, 6.45) is 0. The van der Waals surface area contributed by atoms with Gasteiger partial charge in [0.1, 0.15) is 11.5 Å². The third kappa shape index (κ3) is 4.82. The number of hydrogen-bond acceptors (Lipinski definition) is 7. The molecule has 6 nitrogen and oxygen atoms in total. The number of methoxy groups -OCH3 is 1. The maximum atomic E-state index is 12.2. The zero-order valence-electron chi connectivity index (χ0n) is 14.1. The number of aromatic nitrogens is 2. The third-order valence-corrected chi connectivity index (χ3v) is 4.29. The van der Waals surface area contributed by atoms with Crippen molar-refractivity contribution in [2.45, 2.75) is 11.8 Å². The molecule has 27 heavy (non-hydrogen) atoms. The molecule has 0 aliphatic heterocycles. The van der Waals surface area contributed by atoms with Gasteiger partial charge in [-0.1, -0.05) is 23.9 Å². The number of Topliss-reactive ketones (excluding diaryl/α,β-unsaturated/α-hetero) is 1. The molecule has 1 aromatic heterocycles. The summed E-state index contributed by atoms with van der Waals surface area (Å²) in [7, 11) is 1.54. The number of alkyl halides is 2. The Labute approximate surface area is 157 Å². The van der Waals surface area contributed by atoms with E-state index in [2.05, 4.69) is 14.9 Å². The number of halogens is 2. The second-order valence-corrected chi connectivity index (χ2v) is 6.11. The smallest absolute Gasteiger partial charge is 0.387 e. The fourth-order valence-electron chi connectivity index (χ4n) is 2.23. The van der Waals surface area contributed by atoms with Crippen LogP contribution in [-0.2, 0) is 0 Å². The van der Waals surface area contributed by atoms with Crippen molar-refractivity contribution in [3.8, 4) is 23.0 Å². The Morgan fingerprint density at radius 3 is 2.59 bits per heavy atom. The molecule has 3 rings (SSSR count). The molecule has 0 radical (unpaired) electrons. The van der Waals surface area contributed by atoms with Gasteiger partial charge in [-0.3, -0.25) is 4.79 Å². The van der Waals surface area contributed by atoms with Crippen LogP contribution in [0.4, 0.5) is 8.78 Å². The van der Waals surface area contributed by atoms with Crippen LogP contribution in [0.3, 0.4) is 0 Å². The van der Waals surface area contributed by atoms with E-state index in [1.165, 1.54) is 24.3 Å². The molecule has 0 atom stereocenters. The van der Waals surface area contributed by atoms with Gasteiger partial charge in [0.25, 0.3) is 11.1 Å². The molecule has 0 N–H and O–H groups in total. The van der Waals surface area contributed by atoms with Crippen LogP contribution in [0.2, 0.25) is 0 Å². The van der Waals surface area contributed by atoms with Crippen LogP contribution < -0.4 is 9.47 Å². The van der Waals surface area contributed by atoms with Gasteiger partial charge in [0.2, 0.25) is 0 Å². The summed E-state index contributed by atoms with van der Waals surface area (Å²) in [4.78, 5) is 12.2. The lowest BCUT2D eigenvalue weighted by atomic mass is 10.1. The van der Waals surface area contributed by atoms with Crippen molar-refractivity contribution >= 4 is 17.5 Å². The van der Waals surface area contributed by atoms with Gasteiger partial charge < -0.3 is 13.9 Å². The minimum Gasteiger partial charge on any atom is -0.496 e. The number of ether oxygens (including phenoxy) is 2. The molecule has 0 saturated carbocycles. The first-order valence-electron chi connectivity index (χ1n) is 7.74. The molecular formula is C18H14F2N2O4S. The molecule has 0 spiro atoms. The van der Waals surface area contributed by atoms with Gasteiger partial charge in [-0.2, -0.15) is 8.78 Å². The van der Waals surface area contributed by atoms with Crippen LogP contribution in [0, 0.1) is 0 Å². The van der Waals surface area contributed by atoms with Gasteiger partial charge >= 0.3 is 6.61 Å². The highest BCUT2D eigenvalue weighted by molar-refractivity contribution is 7.99. The van der Waals surface area contributed by atoms with Crippen molar-refractivity contribution in [1.29, 1.82) is 0 Å². The third-order valence-electron chi connectivity index (χ3n) is 3.47. The molecule has 2 aromatic carbocycles. The first-order valence-corrected chi connectivity index (χ1v) is 8.73. The highest BCUT2D eigenvalue weighted by Crippen LogP contribution is 2.30. The predicted octanol–water partition coefficient (Wildman–Crippen LogP) is 4.32. The largest absolute Gasteiger partial charge is 0.496 e. The fraction of sp³-hybridized carbons (Fsp3) is 0.167. The lowest BCUT2D eigenvalue weighted by Gasteiger charge is -2.05. The number of rotatable bonds is 8. The minimum absolute atomic E-state index is 0.00689. The molecule has 3 aromatic rings. The maximum Gasteiger partial charge on any atom is 0.387 e. The topological polar surface area (TPSA) is 74.5 Å². The zero-order valence-corrected chi connectivity index (χ0v) is 14.9. The van der Waals surface area contributed by atoms with E-state index in [4.69, 9.17) is 9.15 Å². The summed E-state index contributed by atoms with van der Waals surface area (Å²) >= 11 is 1.09. The van der Waals surface area contributed by atoms with E-state index >= 15 is 0 Å². The Hall–Kier alpha value is -2.94. The van der Waals surface area contributed by atoms with Gasteiger partial charge in [-0.05, 0) is 36.4 Å². The molecule has 0 amide bonds. The van der Waals surface area contributed by atoms with Crippen molar-refractivity contribution in [3.63, 3.8) is 0 Å². The number of nitrogens with zero attached hydrogens (tertiary/aromatic N) is 2. The van der Waals surface area contributed by atoms with Gasteiger partial charge in [0, 0.05) is 5.56 Å². The van der Waals surface area contributed by atoms with E-state index in [-0.39, 0.29) is 28.4 Å². The van der Waals surface area contributed by atoms with E-state index in [0.29, 0.717) is 16.9 Å². The summed E-state index contributed by atoms with van der Waals surface area (Å²) in [6.45, 7) is -2.91. The van der Waals surface area contributed by atoms with Crippen molar-refractivity contribution in [2.75, 3.05) is 12.9 Å². The Bertz CT molecular complexity index is 916. The Morgan fingerprint density at radius 1 is 1.15 bits per heavy atom. The number of carbonyl (C=O) groups excluding carboxylic acids is 1. The zero-order chi connectivity index (χ0) is 19.2. The molecule has 0 aliphatic rings. The average Bonchev–Trinajstić information content (AvgIpc) is 3.15. The van der Waals surface area contributed by atoms with Crippen molar-refractivity contribution < 1.29 is 27.5 Å². The first kappa shape index (κ1) is 18.8. The van der Waals surface area contributed by atoms with Gasteiger partial charge in [-0.25, -0.2) is 0 Å². The standard InChI is InChI=1S/C18H14F2N2O4S/c1-24-15-5-3-2-4-13(15)16-21-22-18(26-16)27-10-14(23)11-6-8-12(9-7-11)25-17(19)20/h2-9,17H,10H2,1H3. The molecule has 0 saturated heterocycles. The lowest BCUT2D eigenvalue weighted by Crippen LogP contribution is -2.04. The number of carbonyl (C=O) groups is 1. The van der Waals surface area contributed by atoms with E-state index in [0.717, 1.165) is 11.8 Å². The summed E-state index contributed by atoms with van der Waals surface area (Å²) in [5.41, 5.74) is 1.02. The quantitative estimate of drug-likeness (QED) is 0.417. The summed E-state index contributed by atoms with van der Waals surface area (Å²) < 4.78 is 39.3. The molecule has 0 aliphatic carbocycles. The molecule has 140 valence electrons. The van der Waals surface area contributed by atoms with Crippen LogP contribution in [0.5, 0.6) is 11.5 Å². The van der Waals surface area contributed by atoms with E-state index in [1.807, 2.05) is 12.1 Å². The maximum absolute atomic E-state index is 12.2. The number of ketones is 1. The van der Waals surface area contributed by atoms with Gasteiger partial charge in [-0.15, -0.1) is 10.2 Å². The highest BCUT2D eigenvalue weighted by Gasteiger charge is 2.15. The van der Waals surface area contributed by atoms with Gasteiger partial charge in [0.15, 0.2) is 5.78 Å². The summed E-state index contributed by atoms with van der Waals surface area (Å²) in [5, 5.41) is 8.12. The van der Waals surface area contributed by atoms with Crippen LogP contribution in [-0.4, -0.2) is 35.5 Å². The summed E-state index contributed by atoms with van der Waals surface area (Å²) in [6, 6.07) is 12.7. The van der Waals surface area contributed by atoms with Crippen LogP contribution >= 0.6 is 11.8 Å².